The average Bonchev–Trinajstić information content (AvgIpc) is 2.35. The molecule has 1 aliphatic heterocycles. The predicted molar refractivity (Wildman–Crippen MR) is 64.0 cm³/mol. The van der Waals surface area contributed by atoms with Crippen molar-refractivity contribution in [1.29, 1.82) is 0 Å². The van der Waals surface area contributed by atoms with Gasteiger partial charge in [0.15, 0.2) is 11.5 Å². The molecule has 0 amide bonds. The van der Waals surface area contributed by atoms with E-state index in [4.69, 9.17) is 15.2 Å². The van der Waals surface area contributed by atoms with E-state index in [1.54, 1.807) is 0 Å². The molecule has 1 aromatic carbocycles. The molecule has 0 aliphatic carbocycles. The van der Waals surface area contributed by atoms with Crippen LogP contribution in [-0.2, 0) is 6.42 Å². The Labute approximate surface area is 96.5 Å². The van der Waals surface area contributed by atoms with Gasteiger partial charge in [0, 0.05) is 0 Å². The van der Waals surface area contributed by atoms with Crippen LogP contribution in [0.1, 0.15) is 18.9 Å². The molecular formula is C13H19NO2. The molecule has 0 radical (unpaired) electrons. The van der Waals surface area contributed by atoms with Crippen molar-refractivity contribution in [2.24, 2.45) is 11.7 Å². The number of fused-ring (bicyclic) bond motifs is 1. The normalized spacial score (nSPS) is 15.9. The Morgan fingerprint density at radius 1 is 1.25 bits per heavy atom. The molecule has 3 nitrogen and oxygen atoms in total. The second-order valence-corrected chi connectivity index (χ2v) is 4.19. The molecule has 0 fully saturated rings. The van der Waals surface area contributed by atoms with Gasteiger partial charge in [-0.15, -0.1) is 0 Å². The molecular weight excluding hydrogens is 202 g/mol. The summed E-state index contributed by atoms with van der Waals surface area (Å²) in [6.45, 7) is 4.21. The van der Waals surface area contributed by atoms with Crippen molar-refractivity contribution in [1.82, 2.24) is 0 Å². The van der Waals surface area contributed by atoms with Gasteiger partial charge in [0.05, 0.1) is 0 Å². The van der Waals surface area contributed by atoms with E-state index >= 15 is 0 Å². The molecule has 0 aromatic heterocycles. The zero-order valence-corrected chi connectivity index (χ0v) is 9.74. The van der Waals surface area contributed by atoms with E-state index in [2.05, 4.69) is 19.1 Å². The smallest absolute Gasteiger partial charge is 0.161 e. The van der Waals surface area contributed by atoms with Crippen molar-refractivity contribution in [3.8, 4) is 11.5 Å². The number of rotatable bonds is 4. The summed E-state index contributed by atoms with van der Waals surface area (Å²) in [6.07, 6.45) is 2.13. The summed E-state index contributed by atoms with van der Waals surface area (Å²) in [6, 6.07) is 6.17. The van der Waals surface area contributed by atoms with Crippen LogP contribution in [0.5, 0.6) is 11.5 Å². The Morgan fingerprint density at radius 3 is 2.69 bits per heavy atom. The molecule has 2 rings (SSSR count). The number of ether oxygens (including phenoxy) is 2. The molecule has 1 aliphatic rings. The molecule has 88 valence electrons. The highest BCUT2D eigenvalue weighted by molar-refractivity contribution is 5.43. The van der Waals surface area contributed by atoms with Gasteiger partial charge in [-0.2, -0.15) is 0 Å². The van der Waals surface area contributed by atoms with Crippen LogP contribution in [0.15, 0.2) is 18.2 Å². The van der Waals surface area contributed by atoms with Gasteiger partial charge in [-0.25, -0.2) is 0 Å². The first-order valence-corrected chi connectivity index (χ1v) is 5.92. The van der Waals surface area contributed by atoms with Crippen LogP contribution in [0, 0.1) is 5.92 Å². The first kappa shape index (κ1) is 11.3. The van der Waals surface area contributed by atoms with Gasteiger partial charge in [-0.3, -0.25) is 0 Å². The fraction of sp³-hybridized carbons (Fsp3) is 0.538. The Hall–Kier alpha value is -1.22. The number of benzene rings is 1. The Bertz CT molecular complexity index is 348. The van der Waals surface area contributed by atoms with Crippen LogP contribution in [0.2, 0.25) is 0 Å². The first-order chi connectivity index (χ1) is 7.83. The molecule has 16 heavy (non-hydrogen) atoms. The summed E-state index contributed by atoms with van der Waals surface area (Å²) in [5.74, 6) is 2.29. The van der Waals surface area contributed by atoms with Crippen molar-refractivity contribution >= 4 is 0 Å². The minimum Gasteiger partial charge on any atom is -0.486 e. The van der Waals surface area contributed by atoms with E-state index in [0.29, 0.717) is 19.1 Å². The minimum atomic E-state index is 0.558. The first-order valence-electron chi connectivity index (χ1n) is 5.92. The van der Waals surface area contributed by atoms with Gasteiger partial charge in [0.25, 0.3) is 0 Å². The third-order valence-corrected chi connectivity index (χ3v) is 3.04. The van der Waals surface area contributed by atoms with Crippen LogP contribution in [0.3, 0.4) is 0 Å². The largest absolute Gasteiger partial charge is 0.486 e. The summed E-state index contributed by atoms with van der Waals surface area (Å²) >= 11 is 0. The third-order valence-electron chi connectivity index (χ3n) is 3.04. The highest BCUT2D eigenvalue weighted by atomic mass is 16.6. The van der Waals surface area contributed by atoms with E-state index in [1.807, 2.05) is 6.07 Å². The molecule has 1 heterocycles. The van der Waals surface area contributed by atoms with E-state index in [1.165, 1.54) is 5.56 Å². The Balaban J connectivity index is 2.10. The van der Waals surface area contributed by atoms with Crippen LogP contribution in [-0.4, -0.2) is 19.8 Å². The van der Waals surface area contributed by atoms with Crippen molar-refractivity contribution in [3.63, 3.8) is 0 Å². The van der Waals surface area contributed by atoms with Gasteiger partial charge in [0.1, 0.15) is 13.2 Å². The van der Waals surface area contributed by atoms with E-state index in [0.717, 1.165) is 30.9 Å². The monoisotopic (exact) mass is 221 g/mol. The van der Waals surface area contributed by atoms with E-state index < -0.39 is 0 Å². The summed E-state index contributed by atoms with van der Waals surface area (Å²) < 4.78 is 11.0. The zero-order valence-electron chi connectivity index (χ0n) is 9.74. The van der Waals surface area contributed by atoms with Crippen LogP contribution in [0.25, 0.3) is 0 Å². The maximum absolute atomic E-state index is 5.71. The zero-order chi connectivity index (χ0) is 11.4. The quantitative estimate of drug-likeness (QED) is 0.845. The number of hydrogen-bond acceptors (Lipinski definition) is 3. The van der Waals surface area contributed by atoms with Crippen molar-refractivity contribution in [2.75, 3.05) is 19.8 Å². The lowest BCUT2D eigenvalue weighted by Gasteiger charge is -2.20. The minimum absolute atomic E-state index is 0.558. The van der Waals surface area contributed by atoms with Crippen molar-refractivity contribution in [3.05, 3.63) is 23.8 Å². The Morgan fingerprint density at radius 2 is 2.00 bits per heavy atom. The van der Waals surface area contributed by atoms with Crippen molar-refractivity contribution in [2.45, 2.75) is 19.8 Å². The van der Waals surface area contributed by atoms with Gasteiger partial charge < -0.3 is 15.2 Å². The lowest BCUT2D eigenvalue weighted by atomic mass is 9.97. The second kappa shape index (κ2) is 5.21. The Kier molecular flexibility index (Phi) is 3.67. The van der Waals surface area contributed by atoms with Gasteiger partial charge in [0.2, 0.25) is 0 Å². The van der Waals surface area contributed by atoms with Crippen LogP contribution < -0.4 is 15.2 Å². The molecule has 3 heteroatoms. The number of hydrogen-bond donors (Lipinski definition) is 1. The van der Waals surface area contributed by atoms with Gasteiger partial charge in [-0.05, 0) is 36.6 Å². The third kappa shape index (κ3) is 2.47. The van der Waals surface area contributed by atoms with Gasteiger partial charge in [-0.1, -0.05) is 19.4 Å². The maximum Gasteiger partial charge on any atom is 0.161 e. The standard InChI is InChI=1S/C13H19NO2/c1-2-10(9-14)7-11-3-4-12-13(8-11)16-6-5-15-12/h3-4,8,10H,2,5-7,9,14H2,1H3. The molecule has 1 atom stereocenters. The van der Waals surface area contributed by atoms with Crippen molar-refractivity contribution < 1.29 is 9.47 Å². The summed E-state index contributed by atoms with van der Waals surface area (Å²) in [5, 5.41) is 0. The summed E-state index contributed by atoms with van der Waals surface area (Å²) in [7, 11) is 0. The van der Waals surface area contributed by atoms with Gasteiger partial charge >= 0.3 is 0 Å². The average molecular weight is 221 g/mol. The highest BCUT2D eigenvalue weighted by Gasteiger charge is 2.13. The fourth-order valence-corrected chi connectivity index (χ4v) is 1.94. The molecule has 2 N–H and O–H groups in total. The summed E-state index contributed by atoms with van der Waals surface area (Å²) in [4.78, 5) is 0. The highest BCUT2D eigenvalue weighted by Crippen LogP contribution is 2.31. The van der Waals surface area contributed by atoms with Crippen LogP contribution >= 0.6 is 0 Å². The number of nitrogens with two attached hydrogens (primary N) is 1. The molecule has 1 aromatic rings. The van der Waals surface area contributed by atoms with Crippen LogP contribution in [0.4, 0.5) is 0 Å². The lowest BCUT2D eigenvalue weighted by molar-refractivity contribution is 0.171. The molecule has 0 saturated carbocycles. The fourth-order valence-electron chi connectivity index (χ4n) is 1.94. The molecule has 0 spiro atoms. The lowest BCUT2D eigenvalue weighted by Crippen LogP contribution is -2.17. The molecule has 1 unspecified atom stereocenters. The maximum atomic E-state index is 5.71. The molecule has 0 saturated heterocycles. The topological polar surface area (TPSA) is 44.5 Å². The summed E-state index contributed by atoms with van der Waals surface area (Å²) in [5.41, 5.74) is 6.99. The van der Waals surface area contributed by atoms with E-state index in [-0.39, 0.29) is 0 Å². The van der Waals surface area contributed by atoms with E-state index in [9.17, 15) is 0 Å². The molecule has 0 bridgehead atoms. The predicted octanol–water partition coefficient (Wildman–Crippen LogP) is 1.99. The second-order valence-electron chi connectivity index (χ2n) is 4.19. The SMILES string of the molecule is CCC(CN)Cc1ccc2c(c1)OCCO2.